The van der Waals surface area contributed by atoms with Crippen LogP contribution in [-0.2, 0) is 0 Å². The summed E-state index contributed by atoms with van der Waals surface area (Å²) >= 11 is 5.93. The largest absolute Gasteiger partial charge is 0.396 e. The van der Waals surface area contributed by atoms with Crippen molar-refractivity contribution in [3.63, 3.8) is 0 Å². The monoisotopic (exact) mass is 403 g/mol. The number of hydrogen-bond acceptors (Lipinski definition) is 3. The molecule has 0 aliphatic rings. The number of fused-ring (bicyclic) bond motifs is 1. The van der Waals surface area contributed by atoms with Crippen LogP contribution in [0.25, 0.3) is 5.52 Å². The van der Waals surface area contributed by atoms with Crippen LogP contribution in [0.1, 0.15) is 32.0 Å². The fraction of sp³-hybridized carbons (Fsp3) is 0.0435. The molecule has 144 valence electrons. The average molecular weight is 404 g/mol. The highest BCUT2D eigenvalue weighted by atomic mass is 35.5. The molecule has 29 heavy (non-hydrogen) atoms. The number of nitrogen functional groups attached to an aromatic ring is 1. The summed E-state index contributed by atoms with van der Waals surface area (Å²) in [5, 5.41) is 3.41. The van der Waals surface area contributed by atoms with Crippen molar-refractivity contribution < 1.29 is 9.59 Å². The number of nitrogens with one attached hydrogen (secondary N) is 1. The van der Waals surface area contributed by atoms with E-state index >= 15 is 0 Å². The lowest BCUT2D eigenvalue weighted by Gasteiger charge is -2.06. The van der Waals surface area contributed by atoms with Gasteiger partial charge in [-0.25, -0.2) is 0 Å². The highest BCUT2D eigenvalue weighted by Gasteiger charge is 2.26. The number of nitrogens with two attached hydrogens (primary N) is 1. The number of nitrogens with zero attached hydrogens (tertiary/aromatic N) is 1. The minimum atomic E-state index is -0.369. The highest BCUT2D eigenvalue weighted by Crippen LogP contribution is 2.29. The number of carbonyl (C=O) groups is 2. The number of anilines is 2. The lowest BCUT2D eigenvalue weighted by molar-refractivity contribution is 0.102. The molecule has 0 saturated carbocycles. The second kappa shape index (κ2) is 7.45. The maximum atomic E-state index is 13.2. The van der Waals surface area contributed by atoms with E-state index in [0.717, 1.165) is 5.56 Å². The molecule has 0 unspecified atom stereocenters. The minimum absolute atomic E-state index is 0.140. The van der Waals surface area contributed by atoms with Gasteiger partial charge in [-0.2, -0.15) is 0 Å². The summed E-state index contributed by atoms with van der Waals surface area (Å²) in [4.78, 5) is 26.2. The van der Waals surface area contributed by atoms with Gasteiger partial charge in [0.25, 0.3) is 5.91 Å². The van der Waals surface area contributed by atoms with Crippen molar-refractivity contribution in [2.45, 2.75) is 6.92 Å². The number of amides is 1. The first kappa shape index (κ1) is 18.8. The zero-order valence-electron chi connectivity index (χ0n) is 15.6. The molecule has 2 heterocycles. The van der Waals surface area contributed by atoms with E-state index < -0.39 is 0 Å². The van der Waals surface area contributed by atoms with Crippen molar-refractivity contribution in [1.82, 2.24) is 4.40 Å². The van der Waals surface area contributed by atoms with Crippen LogP contribution in [0, 0.1) is 6.92 Å². The number of halogens is 1. The molecular weight excluding hydrogens is 386 g/mol. The molecule has 4 rings (SSSR count). The van der Waals surface area contributed by atoms with Crippen molar-refractivity contribution in [1.29, 1.82) is 0 Å². The second-order valence-corrected chi connectivity index (χ2v) is 7.19. The van der Waals surface area contributed by atoms with Gasteiger partial charge in [0.15, 0.2) is 0 Å². The minimum Gasteiger partial charge on any atom is -0.396 e. The highest BCUT2D eigenvalue weighted by molar-refractivity contribution is 6.30. The lowest BCUT2D eigenvalue weighted by atomic mass is 10.1. The van der Waals surface area contributed by atoms with Gasteiger partial charge in [-0.15, -0.1) is 0 Å². The van der Waals surface area contributed by atoms with Gasteiger partial charge in [-0.3, -0.25) is 9.59 Å². The van der Waals surface area contributed by atoms with E-state index in [-0.39, 0.29) is 28.6 Å². The first-order valence-electron chi connectivity index (χ1n) is 9.02. The third kappa shape index (κ3) is 3.48. The predicted octanol–water partition coefficient (Wildman–Crippen LogP) is 4.97. The maximum absolute atomic E-state index is 13.2. The zero-order chi connectivity index (χ0) is 20.5. The zero-order valence-corrected chi connectivity index (χ0v) is 16.4. The molecule has 6 heteroatoms. The van der Waals surface area contributed by atoms with Gasteiger partial charge in [0, 0.05) is 22.5 Å². The van der Waals surface area contributed by atoms with Crippen LogP contribution in [0.5, 0.6) is 0 Å². The van der Waals surface area contributed by atoms with Crippen LogP contribution < -0.4 is 11.1 Å². The van der Waals surface area contributed by atoms with E-state index in [4.69, 9.17) is 17.3 Å². The molecule has 1 amide bonds. The summed E-state index contributed by atoms with van der Waals surface area (Å²) in [5.41, 5.74) is 9.68. The van der Waals surface area contributed by atoms with Crippen molar-refractivity contribution in [2.24, 2.45) is 0 Å². The van der Waals surface area contributed by atoms with Crippen molar-refractivity contribution >= 4 is 40.2 Å². The molecule has 2 aromatic heterocycles. The number of aryl methyl sites for hydroxylation is 1. The molecule has 0 aliphatic carbocycles. The van der Waals surface area contributed by atoms with Crippen LogP contribution in [0.3, 0.4) is 0 Å². The Morgan fingerprint density at radius 3 is 2.48 bits per heavy atom. The normalized spacial score (nSPS) is 10.8. The van der Waals surface area contributed by atoms with E-state index in [1.54, 1.807) is 59.1 Å². The Morgan fingerprint density at radius 2 is 1.76 bits per heavy atom. The Balaban J connectivity index is 1.81. The third-order valence-electron chi connectivity index (χ3n) is 4.71. The first-order chi connectivity index (χ1) is 14.0. The topological polar surface area (TPSA) is 76.6 Å². The fourth-order valence-corrected chi connectivity index (χ4v) is 3.48. The molecule has 4 aromatic rings. The van der Waals surface area contributed by atoms with Gasteiger partial charge in [-0.05, 0) is 61.0 Å². The third-order valence-corrected chi connectivity index (χ3v) is 4.96. The van der Waals surface area contributed by atoms with Crippen molar-refractivity contribution in [2.75, 3.05) is 11.1 Å². The number of benzene rings is 2. The van der Waals surface area contributed by atoms with E-state index in [9.17, 15) is 9.59 Å². The molecule has 3 N–H and O–H groups in total. The van der Waals surface area contributed by atoms with Gasteiger partial charge < -0.3 is 15.5 Å². The predicted molar refractivity (Wildman–Crippen MR) is 116 cm³/mol. The van der Waals surface area contributed by atoms with Crippen LogP contribution in [-0.4, -0.2) is 16.1 Å². The van der Waals surface area contributed by atoms with Crippen LogP contribution >= 0.6 is 11.6 Å². The standard InChI is InChI=1S/C23H18ClN3O2/c1-14-5-4-6-17(13-14)26-23(29)19-18-7-2-3-12-27(18)21(20(19)25)22(28)15-8-10-16(24)11-9-15/h2-13H,25H2,1H3,(H,26,29). The maximum Gasteiger partial charge on any atom is 0.259 e. The Kier molecular flexibility index (Phi) is 4.82. The summed E-state index contributed by atoms with van der Waals surface area (Å²) in [6.45, 7) is 1.95. The van der Waals surface area contributed by atoms with Crippen LogP contribution in [0.15, 0.2) is 72.9 Å². The molecule has 5 nitrogen and oxygen atoms in total. The Labute approximate surface area is 172 Å². The second-order valence-electron chi connectivity index (χ2n) is 6.75. The number of aromatic nitrogens is 1. The fourth-order valence-electron chi connectivity index (χ4n) is 3.35. The number of pyridine rings is 1. The van der Waals surface area contributed by atoms with Crippen molar-refractivity contribution in [3.05, 3.63) is 100 Å². The Bertz CT molecular complexity index is 1240. The number of hydrogen-bond donors (Lipinski definition) is 2. The quantitative estimate of drug-likeness (QED) is 0.472. The smallest absolute Gasteiger partial charge is 0.259 e. The SMILES string of the molecule is Cc1cccc(NC(=O)c2c(N)c(C(=O)c3ccc(Cl)cc3)n3ccccc23)c1. The van der Waals surface area contributed by atoms with Crippen LogP contribution in [0.4, 0.5) is 11.4 Å². The molecule has 0 saturated heterocycles. The summed E-state index contributed by atoms with van der Waals surface area (Å²) in [5.74, 6) is -0.651. The summed E-state index contributed by atoms with van der Waals surface area (Å²) in [6.07, 6.45) is 1.72. The molecule has 0 bridgehead atoms. The Hall–Kier alpha value is -3.57. The van der Waals surface area contributed by atoms with Gasteiger partial charge in [0.1, 0.15) is 5.69 Å². The molecular formula is C23H18ClN3O2. The van der Waals surface area contributed by atoms with Crippen LogP contribution in [0.2, 0.25) is 5.02 Å². The lowest BCUT2D eigenvalue weighted by Crippen LogP contribution is -2.14. The average Bonchev–Trinajstić information content (AvgIpc) is 3.00. The molecule has 2 aromatic carbocycles. The van der Waals surface area contributed by atoms with E-state index in [0.29, 0.717) is 21.8 Å². The number of rotatable bonds is 4. The van der Waals surface area contributed by atoms with Crippen molar-refractivity contribution in [3.8, 4) is 0 Å². The van der Waals surface area contributed by atoms with Gasteiger partial charge in [-0.1, -0.05) is 29.8 Å². The molecule has 0 aliphatic heterocycles. The van der Waals surface area contributed by atoms with E-state index in [1.807, 2.05) is 25.1 Å². The number of carbonyl (C=O) groups excluding carboxylic acids is 2. The molecule has 0 radical (unpaired) electrons. The summed E-state index contributed by atoms with van der Waals surface area (Å²) < 4.78 is 1.65. The van der Waals surface area contributed by atoms with E-state index in [2.05, 4.69) is 5.32 Å². The van der Waals surface area contributed by atoms with Gasteiger partial charge in [0.2, 0.25) is 5.78 Å². The molecule has 0 fully saturated rings. The molecule has 0 spiro atoms. The summed E-state index contributed by atoms with van der Waals surface area (Å²) in [7, 11) is 0. The van der Waals surface area contributed by atoms with E-state index in [1.165, 1.54) is 0 Å². The molecule has 0 atom stereocenters. The van der Waals surface area contributed by atoms with Gasteiger partial charge in [0.05, 0.1) is 16.8 Å². The Morgan fingerprint density at radius 1 is 1.00 bits per heavy atom. The summed E-state index contributed by atoms with van der Waals surface area (Å²) in [6, 6.07) is 19.4. The first-order valence-corrected chi connectivity index (χ1v) is 9.40. The van der Waals surface area contributed by atoms with Gasteiger partial charge >= 0.3 is 0 Å². The number of ketones is 1.